The van der Waals surface area contributed by atoms with Gasteiger partial charge in [0.2, 0.25) is 0 Å². The zero-order valence-electron chi connectivity index (χ0n) is 10.7. The van der Waals surface area contributed by atoms with Crippen LogP contribution >= 0.6 is 11.6 Å². The number of hydrogen-bond donors (Lipinski definition) is 1. The minimum Gasteiger partial charge on any atom is -0.435 e. The third kappa shape index (κ3) is 4.06. The average molecular weight is 299 g/mol. The average Bonchev–Trinajstić information content (AvgIpc) is 2.39. The molecule has 0 amide bonds. The molecular formula is C14H13ClF2N2O. The van der Waals surface area contributed by atoms with Crippen LogP contribution in [0.15, 0.2) is 36.4 Å². The van der Waals surface area contributed by atoms with Gasteiger partial charge in [0.25, 0.3) is 0 Å². The highest BCUT2D eigenvalue weighted by molar-refractivity contribution is 6.29. The van der Waals surface area contributed by atoms with Crippen LogP contribution in [0.4, 0.5) is 14.5 Å². The predicted octanol–water partition coefficient (Wildman–Crippen LogP) is 4.26. The number of nitrogens with zero attached hydrogens (tertiary/aromatic N) is 1. The van der Waals surface area contributed by atoms with Crippen LogP contribution in [-0.2, 0) is 6.54 Å². The van der Waals surface area contributed by atoms with Crippen LogP contribution in [0, 0.1) is 6.92 Å². The van der Waals surface area contributed by atoms with Crippen molar-refractivity contribution in [2.75, 3.05) is 5.32 Å². The van der Waals surface area contributed by atoms with Crippen molar-refractivity contribution in [2.24, 2.45) is 0 Å². The summed E-state index contributed by atoms with van der Waals surface area (Å²) in [7, 11) is 0. The highest BCUT2D eigenvalue weighted by Gasteiger charge is 2.04. The number of aryl methyl sites for hydroxylation is 1. The molecule has 6 heteroatoms. The highest BCUT2D eigenvalue weighted by atomic mass is 35.5. The predicted molar refractivity (Wildman–Crippen MR) is 74.4 cm³/mol. The SMILES string of the molecule is Cc1nc(Cl)ccc1NCc1ccc(OC(F)F)cc1. The molecule has 3 nitrogen and oxygen atoms in total. The van der Waals surface area contributed by atoms with E-state index in [1.807, 2.05) is 13.0 Å². The number of ether oxygens (including phenoxy) is 1. The van der Waals surface area contributed by atoms with Crippen molar-refractivity contribution in [2.45, 2.75) is 20.1 Å². The lowest BCUT2D eigenvalue weighted by Crippen LogP contribution is -2.03. The largest absolute Gasteiger partial charge is 0.435 e. The Hall–Kier alpha value is -1.88. The van der Waals surface area contributed by atoms with E-state index in [4.69, 9.17) is 11.6 Å². The van der Waals surface area contributed by atoms with Gasteiger partial charge in [-0.15, -0.1) is 0 Å². The van der Waals surface area contributed by atoms with Gasteiger partial charge in [-0.05, 0) is 36.8 Å². The second-order valence-electron chi connectivity index (χ2n) is 4.14. The maximum absolute atomic E-state index is 12.0. The van der Waals surface area contributed by atoms with E-state index >= 15 is 0 Å². The van der Waals surface area contributed by atoms with E-state index in [0.29, 0.717) is 11.7 Å². The van der Waals surface area contributed by atoms with Crippen LogP contribution in [0.25, 0.3) is 0 Å². The van der Waals surface area contributed by atoms with Gasteiger partial charge in [-0.3, -0.25) is 0 Å². The second-order valence-corrected chi connectivity index (χ2v) is 4.53. The molecule has 1 heterocycles. The molecule has 0 fully saturated rings. The van der Waals surface area contributed by atoms with Gasteiger partial charge in [0.1, 0.15) is 10.9 Å². The Bertz CT molecular complexity index is 576. The fourth-order valence-corrected chi connectivity index (χ4v) is 1.89. The number of pyridine rings is 1. The summed E-state index contributed by atoms with van der Waals surface area (Å²) in [6, 6.07) is 10.0. The van der Waals surface area contributed by atoms with Crippen molar-refractivity contribution < 1.29 is 13.5 Å². The molecule has 0 bridgehead atoms. The lowest BCUT2D eigenvalue weighted by Gasteiger charge is -2.10. The van der Waals surface area contributed by atoms with E-state index in [1.54, 1.807) is 18.2 Å². The van der Waals surface area contributed by atoms with E-state index in [0.717, 1.165) is 16.9 Å². The van der Waals surface area contributed by atoms with Crippen molar-refractivity contribution in [3.05, 3.63) is 52.8 Å². The number of nitrogens with one attached hydrogen (secondary N) is 1. The molecular weight excluding hydrogens is 286 g/mol. The second kappa shape index (κ2) is 6.52. The van der Waals surface area contributed by atoms with Crippen molar-refractivity contribution in [3.8, 4) is 5.75 Å². The van der Waals surface area contributed by atoms with Crippen LogP contribution in [0.1, 0.15) is 11.3 Å². The number of halogens is 3. The van der Waals surface area contributed by atoms with Gasteiger partial charge < -0.3 is 10.1 Å². The molecule has 0 spiro atoms. The lowest BCUT2D eigenvalue weighted by atomic mass is 10.2. The molecule has 20 heavy (non-hydrogen) atoms. The van der Waals surface area contributed by atoms with E-state index in [-0.39, 0.29) is 5.75 Å². The molecule has 0 saturated carbocycles. The molecule has 0 aliphatic rings. The zero-order valence-corrected chi connectivity index (χ0v) is 11.5. The summed E-state index contributed by atoms with van der Waals surface area (Å²) in [6.07, 6.45) is 0. The Kier molecular flexibility index (Phi) is 4.74. The Labute approximate surface area is 120 Å². The zero-order chi connectivity index (χ0) is 14.5. The minimum atomic E-state index is -2.80. The van der Waals surface area contributed by atoms with Crippen LogP contribution in [0.3, 0.4) is 0 Å². The Morgan fingerprint density at radius 2 is 1.90 bits per heavy atom. The molecule has 1 aromatic heterocycles. The van der Waals surface area contributed by atoms with Gasteiger partial charge in [-0.1, -0.05) is 23.7 Å². The van der Waals surface area contributed by atoms with Gasteiger partial charge in [-0.2, -0.15) is 8.78 Å². The maximum Gasteiger partial charge on any atom is 0.387 e. The molecule has 0 unspecified atom stereocenters. The van der Waals surface area contributed by atoms with E-state index < -0.39 is 6.61 Å². The number of aromatic nitrogens is 1. The molecule has 1 aromatic carbocycles. The van der Waals surface area contributed by atoms with Crippen LogP contribution in [0.2, 0.25) is 5.15 Å². The molecule has 0 saturated heterocycles. The number of hydrogen-bond acceptors (Lipinski definition) is 3. The minimum absolute atomic E-state index is 0.146. The number of benzene rings is 1. The van der Waals surface area contributed by atoms with Crippen LogP contribution in [0.5, 0.6) is 5.75 Å². The van der Waals surface area contributed by atoms with E-state index in [1.165, 1.54) is 12.1 Å². The molecule has 2 aromatic rings. The van der Waals surface area contributed by atoms with Crippen LogP contribution in [-0.4, -0.2) is 11.6 Å². The van der Waals surface area contributed by atoms with Gasteiger partial charge in [0.05, 0.1) is 11.4 Å². The molecule has 2 rings (SSSR count). The topological polar surface area (TPSA) is 34.2 Å². The molecule has 0 aliphatic carbocycles. The monoisotopic (exact) mass is 298 g/mol. The third-order valence-corrected chi connectivity index (χ3v) is 2.89. The number of alkyl halides is 2. The first-order chi connectivity index (χ1) is 9.54. The van der Waals surface area contributed by atoms with Crippen molar-refractivity contribution in [1.29, 1.82) is 0 Å². The summed E-state index contributed by atoms with van der Waals surface area (Å²) in [5.74, 6) is 0.146. The Morgan fingerprint density at radius 3 is 2.50 bits per heavy atom. The highest BCUT2D eigenvalue weighted by Crippen LogP contribution is 2.18. The fraction of sp³-hybridized carbons (Fsp3) is 0.214. The van der Waals surface area contributed by atoms with Crippen molar-refractivity contribution in [1.82, 2.24) is 4.98 Å². The Balaban J connectivity index is 1.96. The van der Waals surface area contributed by atoms with Gasteiger partial charge in [-0.25, -0.2) is 4.98 Å². The van der Waals surface area contributed by atoms with Gasteiger partial charge >= 0.3 is 6.61 Å². The summed E-state index contributed by atoms with van der Waals surface area (Å²) < 4.78 is 28.3. The van der Waals surface area contributed by atoms with Crippen molar-refractivity contribution >= 4 is 17.3 Å². The molecule has 106 valence electrons. The first-order valence-electron chi connectivity index (χ1n) is 5.95. The first-order valence-corrected chi connectivity index (χ1v) is 6.33. The fourth-order valence-electron chi connectivity index (χ4n) is 1.70. The van der Waals surface area contributed by atoms with Crippen LogP contribution < -0.4 is 10.1 Å². The summed E-state index contributed by atoms with van der Waals surface area (Å²) >= 11 is 5.78. The normalized spacial score (nSPS) is 10.7. The molecule has 0 radical (unpaired) electrons. The third-order valence-electron chi connectivity index (χ3n) is 2.68. The summed E-state index contributed by atoms with van der Waals surface area (Å²) in [4.78, 5) is 4.13. The number of anilines is 1. The standard InChI is InChI=1S/C14H13ClF2N2O/c1-9-12(6-7-13(15)19-9)18-8-10-2-4-11(5-3-10)20-14(16)17/h2-7,14,18H,8H2,1H3. The lowest BCUT2D eigenvalue weighted by molar-refractivity contribution is -0.0498. The van der Waals surface area contributed by atoms with Gasteiger partial charge in [0, 0.05) is 6.54 Å². The van der Waals surface area contributed by atoms with Crippen molar-refractivity contribution in [3.63, 3.8) is 0 Å². The summed E-state index contributed by atoms with van der Waals surface area (Å²) in [5.41, 5.74) is 2.62. The maximum atomic E-state index is 12.0. The smallest absolute Gasteiger partial charge is 0.387 e. The molecule has 0 atom stereocenters. The molecule has 1 N–H and O–H groups in total. The molecule has 0 aliphatic heterocycles. The first kappa shape index (κ1) is 14.5. The summed E-state index contributed by atoms with van der Waals surface area (Å²) in [5, 5.41) is 3.65. The Morgan fingerprint density at radius 1 is 1.20 bits per heavy atom. The quantitative estimate of drug-likeness (QED) is 0.838. The summed E-state index contributed by atoms with van der Waals surface area (Å²) in [6.45, 7) is -0.394. The van der Waals surface area contributed by atoms with E-state index in [9.17, 15) is 8.78 Å². The number of rotatable bonds is 5. The van der Waals surface area contributed by atoms with E-state index in [2.05, 4.69) is 15.0 Å². The van der Waals surface area contributed by atoms with Gasteiger partial charge in [0.15, 0.2) is 0 Å².